The number of nitrogens with one attached hydrogen (secondary N) is 1. The lowest BCUT2D eigenvalue weighted by Crippen LogP contribution is -2.40. The lowest BCUT2D eigenvalue weighted by molar-refractivity contribution is 0.261. The second-order valence-electron chi connectivity index (χ2n) is 4.52. The van der Waals surface area contributed by atoms with Gasteiger partial charge >= 0.3 is 0 Å². The van der Waals surface area contributed by atoms with E-state index in [2.05, 4.69) is 5.32 Å². The summed E-state index contributed by atoms with van der Waals surface area (Å²) in [5.41, 5.74) is -0.499. The van der Waals surface area contributed by atoms with Crippen molar-refractivity contribution in [1.82, 2.24) is 5.32 Å². The molecule has 0 unspecified atom stereocenters. The molecule has 1 N–H and O–H groups in total. The highest BCUT2D eigenvalue weighted by Crippen LogP contribution is 2.45. The lowest BCUT2D eigenvalue weighted by Gasteiger charge is -2.36. The van der Waals surface area contributed by atoms with E-state index < -0.39 is 11.6 Å². The Morgan fingerprint density at radius 2 is 2.27 bits per heavy atom. The molecule has 1 aliphatic heterocycles. The molecule has 4 heteroatoms. The number of halogens is 3. The summed E-state index contributed by atoms with van der Waals surface area (Å²) in [6.07, 6.45) is 2.78. The van der Waals surface area contributed by atoms with Crippen LogP contribution in [0.3, 0.4) is 0 Å². The molecule has 1 aliphatic carbocycles. The fraction of sp³-hybridized carbons (Fsp3) is 0.636. The Balaban J connectivity index is 2.20. The van der Waals surface area contributed by atoms with Crippen molar-refractivity contribution in [2.75, 3.05) is 6.54 Å². The van der Waals surface area contributed by atoms with E-state index in [1.807, 2.05) is 6.92 Å². The van der Waals surface area contributed by atoms with Gasteiger partial charge in [0.25, 0.3) is 0 Å². The van der Waals surface area contributed by atoms with Crippen molar-refractivity contribution in [3.05, 3.63) is 23.0 Å². The summed E-state index contributed by atoms with van der Waals surface area (Å²) in [5.74, 6) is -0.189. The minimum absolute atomic E-state index is 0.0734. The molecule has 0 aromatic rings. The molecule has 0 radical (unpaired) electrons. The second-order valence-corrected chi connectivity index (χ2v) is 4.92. The first-order valence-electron chi connectivity index (χ1n) is 5.12. The Bertz CT molecular complexity index is 327. The van der Waals surface area contributed by atoms with E-state index in [1.165, 1.54) is 6.08 Å². The van der Waals surface area contributed by atoms with Crippen LogP contribution in [0.2, 0.25) is 0 Å². The number of hydrogen-bond acceptors (Lipinski definition) is 1. The van der Waals surface area contributed by atoms with Crippen LogP contribution in [0.5, 0.6) is 0 Å². The molecule has 0 bridgehead atoms. The molecule has 84 valence electrons. The molecule has 1 heterocycles. The van der Waals surface area contributed by atoms with Crippen LogP contribution in [0, 0.1) is 5.41 Å². The van der Waals surface area contributed by atoms with Gasteiger partial charge in [0.1, 0.15) is 12.0 Å². The largest absolute Gasteiger partial charge is 0.310 e. The monoisotopic (exact) mass is 233 g/mol. The summed E-state index contributed by atoms with van der Waals surface area (Å²) in [5, 5.41) is 3.68. The summed E-state index contributed by atoms with van der Waals surface area (Å²) in [4.78, 5) is 0. The molecular weight excluding hydrogens is 220 g/mol. The van der Waals surface area contributed by atoms with E-state index in [0.29, 0.717) is 18.0 Å². The van der Waals surface area contributed by atoms with Gasteiger partial charge in [-0.15, -0.1) is 0 Å². The highest BCUT2D eigenvalue weighted by atomic mass is 35.5. The molecule has 15 heavy (non-hydrogen) atoms. The zero-order chi connectivity index (χ0) is 11.1. The number of alkyl halides is 1. The van der Waals surface area contributed by atoms with Crippen LogP contribution in [0.4, 0.5) is 8.78 Å². The van der Waals surface area contributed by atoms with Gasteiger partial charge in [0, 0.05) is 29.5 Å². The molecule has 3 atom stereocenters. The Morgan fingerprint density at radius 1 is 1.53 bits per heavy atom. The molecule has 2 aliphatic rings. The normalized spacial score (nSPS) is 41.3. The van der Waals surface area contributed by atoms with Crippen molar-refractivity contribution >= 4 is 11.6 Å². The van der Waals surface area contributed by atoms with Gasteiger partial charge in [-0.2, -0.15) is 0 Å². The maximum Gasteiger partial charge on any atom is 0.114 e. The lowest BCUT2D eigenvalue weighted by atomic mass is 9.75. The number of rotatable bonds is 1. The van der Waals surface area contributed by atoms with E-state index in [-0.39, 0.29) is 18.3 Å². The van der Waals surface area contributed by atoms with Crippen molar-refractivity contribution in [3.8, 4) is 0 Å². The van der Waals surface area contributed by atoms with E-state index in [0.717, 1.165) is 0 Å². The first-order chi connectivity index (χ1) is 7.02. The molecule has 1 nitrogen and oxygen atoms in total. The Kier molecular flexibility index (Phi) is 2.86. The average Bonchev–Trinajstić information content (AvgIpc) is 2.59. The Hall–Kier alpha value is -0.410. The quantitative estimate of drug-likeness (QED) is 0.734. The average molecular weight is 234 g/mol. The minimum Gasteiger partial charge on any atom is -0.310 e. The van der Waals surface area contributed by atoms with Crippen molar-refractivity contribution in [2.45, 2.75) is 32.0 Å². The molecule has 0 aromatic heterocycles. The second kappa shape index (κ2) is 3.87. The Morgan fingerprint density at radius 3 is 2.87 bits per heavy atom. The highest BCUT2D eigenvalue weighted by molar-refractivity contribution is 6.30. The van der Waals surface area contributed by atoms with Gasteiger partial charge in [0.05, 0.1) is 0 Å². The third-order valence-corrected chi connectivity index (χ3v) is 3.90. The molecular formula is C11H14ClF2N. The fourth-order valence-corrected chi connectivity index (χ4v) is 2.58. The maximum absolute atomic E-state index is 13.2. The van der Waals surface area contributed by atoms with E-state index in [1.54, 1.807) is 6.08 Å². The van der Waals surface area contributed by atoms with Gasteiger partial charge in [-0.1, -0.05) is 18.5 Å². The zero-order valence-corrected chi connectivity index (χ0v) is 9.32. The van der Waals surface area contributed by atoms with Crippen LogP contribution in [-0.4, -0.2) is 18.8 Å². The fourth-order valence-electron chi connectivity index (χ4n) is 2.32. The molecule has 1 saturated heterocycles. The molecule has 0 amide bonds. The third kappa shape index (κ3) is 1.95. The summed E-state index contributed by atoms with van der Waals surface area (Å²) < 4.78 is 26.3. The van der Waals surface area contributed by atoms with Gasteiger partial charge in [0.2, 0.25) is 0 Å². The predicted octanol–water partition coefficient (Wildman–Crippen LogP) is 3.07. The van der Waals surface area contributed by atoms with Crippen LogP contribution < -0.4 is 5.32 Å². The molecule has 0 spiro atoms. The molecule has 0 aromatic carbocycles. The van der Waals surface area contributed by atoms with Gasteiger partial charge in [0.15, 0.2) is 0 Å². The molecule has 0 saturated carbocycles. The van der Waals surface area contributed by atoms with E-state index in [4.69, 9.17) is 11.6 Å². The van der Waals surface area contributed by atoms with E-state index >= 15 is 0 Å². The van der Waals surface area contributed by atoms with Crippen molar-refractivity contribution in [2.24, 2.45) is 5.41 Å². The smallest absolute Gasteiger partial charge is 0.114 e. The molecule has 2 rings (SSSR count). The summed E-state index contributed by atoms with van der Waals surface area (Å²) in [7, 11) is 0. The first kappa shape index (κ1) is 11.1. The standard InChI is InChI=1S/C11H14ClF2N/c1-11(10-4-8(14)6-15-10)5-7(13)2-3-9(11)12/h2-3,8,10,15H,4-6H2,1H3/t8-,10+,11+/m0/s1. The van der Waals surface area contributed by atoms with Crippen molar-refractivity contribution < 1.29 is 8.78 Å². The van der Waals surface area contributed by atoms with Gasteiger partial charge in [-0.05, 0) is 18.6 Å². The Labute approximate surface area is 93.2 Å². The van der Waals surface area contributed by atoms with Crippen molar-refractivity contribution in [3.63, 3.8) is 0 Å². The number of hydrogen-bond donors (Lipinski definition) is 1. The minimum atomic E-state index is -0.842. The summed E-state index contributed by atoms with van der Waals surface area (Å²) in [6, 6.07) is -0.0734. The first-order valence-corrected chi connectivity index (χ1v) is 5.50. The van der Waals surface area contributed by atoms with Gasteiger partial charge < -0.3 is 5.32 Å². The van der Waals surface area contributed by atoms with Gasteiger partial charge in [-0.3, -0.25) is 0 Å². The highest BCUT2D eigenvalue weighted by Gasteiger charge is 2.43. The SMILES string of the molecule is C[C@@]1([C@H]2C[C@H](F)CN2)CC(F)=CC=C1Cl. The van der Waals surface area contributed by atoms with Crippen LogP contribution in [0.15, 0.2) is 23.0 Å². The third-order valence-electron chi connectivity index (χ3n) is 3.34. The summed E-state index contributed by atoms with van der Waals surface area (Å²) in [6.45, 7) is 2.23. The molecule has 1 fully saturated rings. The van der Waals surface area contributed by atoms with Crippen LogP contribution in [0.25, 0.3) is 0 Å². The van der Waals surface area contributed by atoms with Gasteiger partial charge in [-0.25, -0.2) is 8.78 Å². The van der Waals surface area contributed by atoms with Crippen LogP contribution in [-0.2, 0) is 0 Å². The van der Waals surface area contributed by atoms with Crippen LogP contribution >= 0.6 is 11.6 Å². The van der Waals surface area contributed by atoms with Crippen LogP contribution in [0.1, 0.15) is 19.8 Å². The number of allylic oxidation sites excluding steroid dienone is 3. The van der Waals surface area contributed by atoms with Crippen molar-refractivity contribution in [1.29, 1.82) is 0 Å². The zero-order valence-electron chi connectivity index (χ0n) is 8.56. The topological polar surface area (TPSA) is 12.0 Å². The summed E-state index contributed by atoms with van der Waals surface area (Å²) >= 11 is 6.10. The maximum atomic E-state index is 13.2. The van der Waals surface area contributed by atoms with E-state index in [9.17, 15) is 8.78 Å². The predicted molar refractivity (Wildman–Crippen MR) is 57.2 cm³/mol.